The number of hydrogen-bond acceptors (Lipinski definition) is 4. The Morgan fingerprint density at radius 1 is 0.643 bits per heavy atom. The van der Waals surface area contributed by atoms with Crippen LogP contribution in [0.4, 0.5) is 20.2 Å². The average molecular weight is 382 g/mol. The van der Waals surface area contributed by atoms with Gasteiger partial charge in [-0.2, -0.15) is 0 Å². The Balaban J connectivity index is 1.50. The van der Waals surface area contributed by atoms with Crippen molar-refractivity contribution >= 4 is 23.0 Å². The van der Waals surface area contributed by atoms with E-state index in [0.29, 0.717) is 22.5 Å². The Labute approximate surface area is 163 Å². The summed E-state index contributed by atoms with van der Waals surface area (Å²) in [5.74, 6) is 0.907. The van der Waals surface area contributed by atoms with E-state index in [0.717, 1.165) is 63.3 Å². The Hall–Kier alpha value is -2.76. The number of nitrogens with one attached hydrogen (secondary N) is 2. The molecule has 28 heavy (non-hydrogen) atoms. The predicted octanol–water partition coefficient (Wildman–Crippen LogP) is 5.62. The summed E-state index contributed by atoms with van der Waals surface area (Å²) in [6.07, 6.45) is 5.97. The second-order valence-electron chi connectivity index (χ2n) is 7.21. The highest BCUT2D eigenvalue weighted by molar-refractivity contribution is 5.97. The second kappa shape index (κ2) is 8.50. The first-order valence-corrected chi connectivity index (χ1v) is 9.89. The van der Waals surface area contributed by atoms with Crippen molar-refractivity contribution in [2.75, 3.05) is 23.7 Å². The number of hydrogen-bond donors (Lipinski definition) is 2. The van der Waals surface area contributed by atoms with Gasteiger partial charge in [0, 0.05) is 25.9 Å². The third kappa shape index (κ3) is 4.38. The number of rotatable bonds is 3. The number of aliphatic imine (C=N–C) groups is 2. The maximum Gasteiger partial charge on any atom is 0.147 e. The molecule has 2 aromatic rings. The van der Waals surface area contributed by atoms with E-state index in [4.69, 9.17) is 0 Å². The number of anilines is 2. The highest BCUT2D eigenvalue weighted by Crippen LogP contribution is 2.28. The minimum atomic E-state index is -0.370. The fourth-order valence-electron chi connectivity index (χ4n) is 3.50. The highest BCUT2D eigenvalue weighted by Gasteiger charge is 2.12. The largest absolute Gasteiger partial charge is 0.342 e. The van der Waals surface area contributed by atoms with Crippen LogP contribution in [0.5, 0.6) is 0 Å². The molecule has 0 atom stereocenters. The molecule has 4 nitrogen and oxygen atoms in total. The van der Waals surface area contributed by atoms with Crippen LogP contribution in [0.25, 0.3) is 11.1 Å². The van der Waals surface area contributed by atoms with Gasteiger partial charge in [-0.25, -0.2) is 8.78 Å². The lowest BCUT2D eigenvalue weighted by Crippen LogP contribution is -2.17. The van der Waals surface area contributed by atoms with E-state index in [2.05, 4.69) is 20.6 Å². The van der Waals surface area contributed by atoms with E-state index in [1.54, 1.807) is 24.3 Å². The smallest absolute Gasteiger partial charge is 0.147 e. The molecule has 0 amide bonds. The van der Waals surface area contributed by atoms with Gasteiger partial charge in [0.2, 0.25) is 0 Å². The maximum absolute atomic E-state index is 14.5. The van der Waals surface area contributed by atoms with Crippen molar-refractivity contribution in [1.82, 2.24) is 0 Å². The van der Waals surface area contributed by atoms with E-state index in [9.17, 15) is 8.78 Å². The lowest BCUT2D eigenvalue weighted by atomic mass is 10.0. The van der Waals surface area contributed by atoms with Crippen LogP contribution in [-0.2, 0) is 0 Å². The monoisotopic (exact) mass is 382 g/mol. The zero-order chi connectivity index (χ0) is 19.3. The van der Waals surface area contributed by atoms with Crippen molar-refractivity contribution in [2.24, 2.45) is 9.98 Å². The van der Waals surface area contributed by atoms with Gasteiger partial charge < -0.3 is 10.6 Å². The van der Waals surface area contributed by atoms with Crippen molar-refractivity contribution in [3.05, 3.63) is 48.0 Å². The number of benzene rings is 2. The van der Waals surface area contributed by atoms with Crippen molar-refractivity contribution in [3.63, 3.8) is 0 Å². The standard InChI is InChI=1S/C22H24F2N4/c23-17-13-15(7-9-19(17)27-21-5-1-3-11-25-21)16-8-10-20(18(24)14-16)28-22-6-2-4-12-26-22/h7-10,13-14H,1-6,11-12H2,(H,25,27)(H,26,28). The molecule has 2 aliphatic heterocycles. The van der Waals surface area contributed by atoms with E-state index in [-0.39, 0.29) is 11.6 Å². The van der Waals surface area contributed by atoms with Crippen LogP contribution in [0, 0.1) is 11.6 Å². The average Bonchev–Trinajstić information content (AvgIpc) is 2.72. The van der Waals surface area contributed by atoms with Gasteiger partial charge in [-0.3, -0.25) is 9.98 Å². The molecule has 0 saturated heterocycles. The number of amidine groups is 2. The Morgan fingerprint density at radius 2 is 1.11 bits per heavy atom. The lowest BCUT2D eigenvalue weighted by molar-refractivity contribution is 0.630. The topological polar surface area (TPSA) is 48.8 Å². The van der Waals surface area contributed by atoms with Gasteiger partial charge in [-0.1, -0.05) is 12.1 Å². The van der Waals surface area contributed by atoms with Gasteiger partial charge in [-0.05, 0) is 61.1 Å². The van der Waals surface area contributed by atoms with Crippen molar-refractivity contribution in [2.45, 2.75) is 38.5 Å². The molecule has 0 aromatic heterocycles. The van der Waals surface area contributed by atoms with Gasteiger partial charge in [0.05, 0.1) is 11.4 Å². The first-order chi connectivity index (χ1) is 13.7. The summed E-state index contributed by atoms with van der Waals surface area (Å²) in [5, 5.41) is 6.14. The number of nitrogens with zero attached hydrogens (tertiary/aromatic N) is 2. The van der Waals surface area contributed by atoms with Crippen molar-refractivity contribution in [3.8, 4) is 11.1 Å². The molecule has 2 aromatic carbocycles. The lowest BCUT2D eigenvalue weighted by Gasteiger charge is -2.16. The molecular formula is C22H24F2N4. The van der Waals surface area contributed by atoms with Crippen LogP contribution in [0.2, 0.25) is 0 Å². The fourth-order valence-corrected chi connectivity index (χ4v) is 3.50. The first-order valence-electron chi connectivity index (χ1n) is 9.89. The quantitative estimate of drug-likeness (QED) is 0.724. The first kappa shape index (κ1) is 18.6. The van der Waals surface area contributed by atoms with Crippen LogP contribution >= 0.6 is 0 Å². The molecule has 0 unspecified atom stereocenters. The summed E-state index contributed by atoms with van der Waals surface area (Å²) in [6.45, 7) is 1.57. The molecule has 146 valence electrons. The molecule has 4 rings (SSSR count). The summed E-state index contributed by atoms with van der Waals surface area (Å²) in [7, 11) is 0. The molecule has 0 aliphatic carbocycles. The third-order valence-electron chi connectivity index (χ3n) is 5.08. The van der Waals surface area contributed by atoms with Gasteiger partial charge in [0.1, 0.15) is 23.3 Å². The normalized spacial score (nSPS) is 16.9. The van der Waals surface area contributed by atoms with Crippen LogP contribution in [-0.4, -0.2) is 24.8 Å². The Bertz CT molecular complexity index is 845. The van der Waals surface area contributed by atoms with Gasteiger partial charge in [0.15, 0.2) is 0 Å². The molecule has 2 heterocycles. The van der Waals surface area contributed by atoms with Crippen molar-refractivity contribution < 1.29 is 8.78 Å². The highest BCUT2D eigenvalue weighted by atomic mass is 19.1. The summed E-state index contributed by atoms with van der Waals surface area (Å²) in [5.41, 5.74) is 2.07. The van der Waals surface area contributed by atoms with Crippen LogP contribution < -0.4 is 10.6 Å². The summed E-state index contributed by atoms with van der Waals surface area (Å²) < 4.78 is 29.1. The third-order valence-corrected chi connectivity index (χ3v) is 5.08. The molecule has 6 heteroatoms. The molecule has 0 bridgehead atoms. The predicted molar refractivity (Wildman–Crippen MR) is 111 cm³/mol. The van der Waals surface area contributed by atoms with Crippen LogP contribution in [0.3, 0.4) is 0 Å². The molecule has 2 N–H and O–H groups in total. The van der Waals surface area contributed by atoms with Crippen LogP contribution in [0.15, 0.2) is 46.4 Å². The maximum atomic E-state index is 14.5. The molecule has 0 saturated carbocycles. The molecule has 0 radical (unpaired) electrons. The minimum absolute atomic E-state index is 0.370. The summed E-state index contributed by atoms with van der Waals surface area (Å²) in [6, 6.07) is 9.81. The number of halogens is 2. The van der Waals surface area contributed by atoms with Crippen molar-refractivity contribution in [1.29, 1.82) is 0 Å². The van der Waals surface area contributed by atoms with E-state index in [1.807, 2.05) is 0 Å². The SMILES string of the molecule is Fc1cc(-c2ccc(NC3=NCCCC3)c(F)c2)ccc1NC1=NCCCC1. The van der Waals surface area contributed by atoms with Crippen LogP contribution in [0.1, 0.15) is 38.5 Å². The zero-order valence-corrected chi connectivity index (χ0v) is 15.8. The van der Waals surface area contributed by atoms with Gasteiger partial charge >= 0.3 is 0 Å². The minimum Gasteiger partial charge on any atom is -0.342 e. The van der Waals surface area contributed by atoms with E-state index in [1.165, 1.54) is 12.1 Å². The molecule has 0 spiro atoms. The van der Waals surface area contributed by atoms with Gasteiger partial charge in [-0.15, -0.1) is 0 Å². The van der Waals surface area contributed by atoms with Gasteiger partial charge in [0.25, 0.3) is 0 Å². The van der Waals surface area contributed by atoms with E-state index >= 15 is 0 Å². The summed E-state index contributed by atoms with van der Waals surface area (Å²) >= 11 is 0. The fraction of sp³-hybridized carbons (Fsp3) is 0.364. The Kier molecular flexibility index (Phi) is 5.65. The molecular weight excluding hydrogens is 358 g/mol. The summed E-state index contributed by atoms with van der Waals surface area (Å²) in [4.78, 5) is 8.78. The Morgan fingerprint density at radius 3 is 1.46 bits per heavy atom. The molecule has 0 fully saturated rings. The zero-order valence-electron chi connectivity index (χ0n) is 15.8. The second-order valence-corrected chi connectivity index (χ2v) is 7.21. The molecule has 2 aliphatic rings. The van der Waals surface area contributed by atoms with E-state index < -0.39 is 0 Å².